The van der Waals surface area contributed by atoms with Crippen LogP contribution in [0.15, 0.2) is 47.0 Å². The fourth-order valence-electron chi connectivity index (χ4n) is 5.22. The highest BCUT2D eigenvalue weighted by Crippen LogP contribution is 2.31. The number of pyridine rings is 1. The Morgan fingerprint density at radius 3 is 2.54 bits per heavy atom. The number of aryl methyl sites for hydroxylation is 2. The molecule has 7 nitrogen and oxygen atoms in total. The summed E-state index contributed by atoms with van der Waals surface area (Å²) in [5.74, 6) is 1.73. The number of nitrogens with zero attached hydrogens (tertiary/aromatic N) is 5. The highest BCUT2D eigenvalue weighted by Gasteiger charge is 2.31. The molecule has 1 atom stereocenters. The highest BCUT2D eigenvalue weighted by atomic mass is 16.4. The molecular weight excluding hydrogens is 438 g/mol. The van der Waals surface area contributed by atoms with Gasteiger partial charge in [0.25, 0.3) is 0 Å². The molecule has 2 fully saturated rings. The Bertz CT molecular complexity index is 1160. The third-order valence-electron chi connectivity index (χ3n) is 7.30. The topological polar surface area (TPSA) is 65.7 Å². The minimum absolute atomic E-state index is 0.0468. The van der Waals surface area contributed by atoms with E-state index in [0.29, 0.717) is 6.42 Å². The summed E-state index contributed by atoms with van der Waals surface area (Å²) in [6, 6.07) is 12.3. The van der Waals surface area contributed by atoms with Crippen LogP contribution < -0.4 is 9.80 Å². The summed E-state index contributed by atoms with van der Waals surface area (Å²) in [7, 11) is 2.17. The first-order chi connectivity index (χ1) is 17.0. The van der Waals surface area contributed by atoms with Crippen molar-refractivity contribution in [2.45, 2.75) is 39.5 Å². The zero-order valence-electron chi connectivity index (χ0n) is 21.0. The number of piperidine rings is 1. The molecule has 0 radical (unpaired) electrons. The van der Waals surface area contributed by atoms with E-state index in [1.165, 1.54) is 5.69 Å². The Kier molecular flexibility index (Phi) is 6.86. The number of likely N-dealkylation sites (N-methyl/N-ethyl adjacent to an activating group) is 1. The number of anilines is 2. The lowest BCUT2D eigenvalue weighted by molar-refractivity contribution is -0.123. The minimum Gasteiger partial charge on any atom is -0.445 e. The quantitative estimate of drug-likeness (QED) is 0.531. The predicted octanol–water partition coefficient (Wildman–Crippen LogP) is 4.34. The monoisotopic (exact) mass is 473 g/mol. The molecule has 0 spiro atoms. The molecule has 2 saturated heterocycles. The molecule has 7 heteroatoms. The van der Waals surface area contributed by atoms with Crippen LogP contribution >= 0.6 is 0 Å². The van der Waals surface area contributed by atoms with Crippen molar-refractivity contribution in [2.24, 2.45) is 5.92 Å². The molecule has 4 heterocycles. The fraction of sp³-hybridized carbons (Fsp3) is 0.464. The third-order valence-corrected chi connectivity index (χ3v) is 7.30. The van der Waals surface area contributed by atoms with Crippen LogP contribution in [0.1, 0.15) is 37.1 Å². The standard InChI is InChI=1S/C28H35N5O2/c1-4-26-30-27(20(2)35-26)21-9-11-23(12-10-21)33-14-6-7-22(28(33)34)19-24-25(8-5-13-29-24)32-17-15-31(3)16-18-32/h5,8-13,22H,4,6-7,14-19H2,1-3H3/t22-/m1/s1. The second kappa shape index (κ2) is 10.2. The van der Waals surface area contributed by atoms with Crippen LogP contribution in [0, 0.1) is 12.8 Å². The zero-order valence-corrected chi connectivity index (χ0v) is 21.0. The van der Waals surface area contributed by atoms with Gasteiger partial charge in [-0.25, -0.2) is 4.98 Å². The van der Waals surface area contributed by atoms with E-state index in [1.807, 2.05) is 55.3 Å². The molecule has 0 bridgehead atoms. The van der Waals surface area contributed by atoms with Gasteiger partial charge in [0.15, 0.2) is 5.89 Å². The lowest BCUT2D eigenvalue weighted by Crippen LogP contribution is -2.45. The highest BCUT2D eigenvalue weighted by molar-refractivity contribution is 5.96. The maximum atomic E-state index is 13.6. The molecule has 184 valence electrons. The number of hydrogen-bond acceptors (Lipinski definition) is 6. The van der Waals surface area contributed by atoms with Crippen molar-refractivity contribution in [2.75, 3.05) is 49.6 Å². The van der Waals surface area contributed by atoms with Crippen molar-refractivity contribution in [3.8, 4) is 11.3 Å². The van der Waals surface area contributed by atoms with Crippen LogP contribution in [0.4, 0.5) is 11.4 Å². The lowest BCUT2D eigenvalue weighted by atomic mass is 9.91. The van der Waals surface area contributed by atoms with E-state index in [1.54, 1.807) is 0 Å². The number of carbonyl (C=O) groups is 1. The van der Waals surface area contributed by atoms with Gasteiger partial charge in [0, 0.05) is 68.9 Å². The number of hydrogen-bond donors (Lipinski definition) is 0. The summed E-state index contributed by atoms with van der Waals surface area (Å²) in [4.78, 5) is 29.6. The minimum atomic E-state index is -0.0468. The van der Waals surface area contributed by atoms with E-state index in [9.17, 15) is 4.79 Å². The lowest BCUT2D eigenvalue weighted by Gasteiger charge is -2.36. The first-order valence-corrected chi connectivity index (χ1v) is 12.8. The maximum absolute atomic E-state index is 13.6. The van der Waals surface area contributed by atoms with Crippen molar-refractivity contribution in [1.82, 2.24) is 14.9 Å². The van der Waals surface area contributed by atoms with E-state index in [-0.39, 0.29) is 11.8 Å². The first kappa shape index (κ1) is 23.5. The molecule has 5 rings (SSSR count). The van der Waals surface area contributed by atoms with Gasteiger partial charge in [0.05, 0.1) is 11.4 Å². The van der Waals surface area contributed by atoms with E-state index >= 15 is 0 Å². The van der Waals surface area contributed by atoms with Crippen LogP contribution in [-0.2, 0) is 17.6 Å². The average molecular weight is 474 g/mol. The third kappa shape index (κ3) is 4.96. The molecule has 1 aromatic carbocycles. The molecule has 0 aliphatic carbocycles. The van der Waals surface area contributed by atoms with E-state index in [2.05, 4.69) is 27.9 Å². The van der Waals surface area contributed by atoms with E-state index in [4.69, 9.17) is 9.40 Å². The number of oxazole rings is 1. The molecule has 1 amide bonds. The van der Waals surface area contributed by atoms with Crippen LogP contribution in [0.3, 0.4) is 0 Å². The Hall–Kier alpha value is -3.19. The van der Waals surface area contributed by atoms with Gasteiger partial charge in [0.2, 0.25) is 5.91 Å². The van der Waals surface area contributed by atoms with Crippen LogP contribution in [-0.4, -0.2) is 60.5 Å². The Labute approximate surface area is 207 Å². The maximum Gasteiger partial charge on any atom is 0.230 e. The fourth-order valence-corrected chi connectivity index (χ4v) is 5.22. The number of rotatable bonds is 6. The number of amides is 1. The van der Waals surface area contributed by atoms with Gasteiger partial charge in [-0.2, -0.15) is 0 Å². The van der Waals surface area contributed by atoms with Gasteiger partial charge in [-0.15, -0.1) is 0 Å². The SMILES string of the molecule is CCc1nc(-c2ccc(N3CCC[C@H](Cc4ncccc4N4CCN(C)CC4)C3=O)cc2)c(C)o1. The Balaban J connectivity index is 1.31. The number of piperazine rings is 1. The summed E-state index contributed by atoms with van der Waals surface area (Å²) in [6.07, 6.45) is 5.22. The molecule has 2 aliphatic rings. The van der Waals surface area contributed by atoms with Crippen LogP contribution in [0.2, 0.25) is 0 Å². The summed E-state index contributed by atoms with van der Waals surface area (Å²) < 4.78 is 5.72. The largest absolute Gasteiger partial charge is 0.445 e. The van der Waals surface area contributed by atoms with E-state index in [0.717, 1.165) is 86.3 Å². The molecule has 3 aromatic rings. The molecular formula is C28H35N5O2. The number of aromatic nitrogens is 2. The molecule has 0 unspecified atom stereocenters. The predicted molar refractivity (Wildman–Crippen MR) is 139 cm³/mol. The normalized spacial score (nSPS) is 19.4. The van der Waals surface area contributed by atoms with Crippen molar-refractivity contribution in [3.63, 3.8) is 0 Å². The smallest absolute Gasteiger partial charge is 0.230 e. The molecule has 2 aromatic heterocycles. The zero-order chi connectivity index (χ0) is 24.4. The second-order valence-corrected chi connectivity index (χ2v) is 9.71. The van der Waals surface area contributed by atoms with Gasteiger partial charge >= 0.3 is 0 Å². The molecule has 35 heavy (non-hydrogen) atoms. The summed E-state index contributed by atoms with van der Waals surface area (Å²) in [6.45, 7) is 8.83. The average Bonchev–Trinajstić information content (AvgIpc) is 3.27. The molecule has 0 N–H and O–H groups in total. The first-order valence-electron chi connectivity index (χ1n) is 12.8. The number of carbonyl (C=O) groups excluding carboxylic acids is 1. The van der Waals surface area contributed by atoms with Crippen molar-refractivity contribution in [3.05, 3.63) is 59.9 Å². The van der Waals surface area contributed by atoms with Gasteiger partial charge in [-0.3, -0.25) is 9.78 Å². The Morgan fingerprint density at radius 1 is 1.06 bits per heavy atom. The summed E-state index contributed by atoms with van der Waals surface area (Å²) >= 11 is 0. The van der Waals surface area contributed by atoms with Gasteiger partial charge in [-0.05, 0) is 51.1 Å². The summed E-state index contributed by atoms with van der Waals surface area (Å²) in [5.41, 5.74) is 5.06. The van der Waals surface area contributed by atoms with Crippen molar-refractivity contribution < 1.29 is 9.21 Å². The molecule has 0 saturated carbocycles. The van der Waals surface area contributed by atoms with Crippen molar-refractivity contribution >= 4 is 17.3 Å². The summed E-state index contributed by atoms with van der Waals surface area (Å²) in [5, 5.41) is 0. The van der Waals surface area contributed by atoms with Crippen LogP contribution in [0.5, 0.6) is 0 Å². The number of benzene rings is 1. The van der Waals surface area contributed by atoms with Gasteiger partial charge in [-0.1, -0.05) is 19.1 Å². The van der Waals surface area contributed by atoms with Gasteiger partial charge < -0.3 is 19.1 Å². The van der Waals surface area contributed by atoms with Crippen LogP contribution in [0.25, 0.3) is 11.3 Å². The van der Waals surface area contributed by atoms with Gasteiger partial charge in [0.1, 0.15) is 11.5 Å². The van der Waals surface area contributed by atoms with Crippen molar-refractivity contribution in [1.29, 1.82) is 0 Å². The Morgan fingerprint density at radius 2 is 1.83 bits per heavy atom. The van der Waals surface area contributed by atoms with E-state index < -0.39 is 0 Å². The second-order valence-electron chi connectivity index (χ2n) is 9.71. The molecule has 2 aliphatic heterocycles.